The van der Waals surface area contributed by atoms with Gasteiger partial charge in [0.25, 0.3) is 0 Å². The number of ether oxygens (including phenoxy) is 1. The Morgan fingerprint density at radius 2 is 1.83 bits per heavy atom. The van der Waals surface area contributed by atoms with Crippen molar-refractivity contribution in [3.63, 3.8) is 0 Å². The summed E-state index contributed by atoms with van der Waals surface area (Å²) in [6, 6.07) is 15.7. The van der Waals surface area contributed by atoms with Gasteiger partial charge in [0, 0.05) is 0 Å². The number of aryl methyl sites for hydroxylation is 1. The molecular formula is C16H16O2. The molecule has 0 amide bonds. The van der Waals surface area contributed by atoms with Crippen molar-refractivity contribution in [3.8, 4) is 5.75 Å². The standard InChI is InChI=1S/C16H16O2/c17-16(12-5-2-1-3-6-12)14-8-9-15-13(11-14)7-4-10-18-15/h1-3,5-6,8-9,11,16-17H,4,7,10H2. The van der Waals surface area contributed by atoms with E-state index in [1.54, 1.807) is 0 Å². The molecular weight excluding hydrogens is 224 g/mol. The summed E-state index contributed by atoms with van der Waals surface area (Å²) in [5, 5.41) is 10.4. The Hall–Kier alpha value is -1.80. The lowest BCUT2D eigenvalue weighted by Gasteiger charge is -2.19. The zero-order valence-corrected chi connectivity index (χ0v) is 10.2. The van der Waals surface area contributed by atoms with Crippen molar-refractivity contribution in [2.24, 2.45) is 0 Å². The lowest BCUT2D eigenvalue weighted by molar-refractivity contribution is 0.219. The third kappa shape index (κ3) is 2.12. The van der Waals surface area contributed by atoms with Crippen molar-refractivity contribution < 1.29 is 9.84 Å². The van der Waals surface area contributed by atoms with Gasteiger partial charge in [-0.05, 0) is 41.7 Å². The van der Waals surface area contributed by atoms with Crippen molar-refractivity contribution in [2.75, 3.05) is 6.61 Å². The molecule has 1 heterocycles. The molecule has 3 rings (SSSR count). The normalized spacial score (nSPS) is 15.6. The lowest BCUT2D eigenvalue weighted by atomic mass is 9.97. The molecule has 0 saturated carbocycles. The summed E-state index contributed by atoms with van der Waals surface area (Å²) in [5.74, 6) is 0.963. The molecule has 1 aliphatic rings. The van der Waals surface area contributed by atoms with E-state index < -0.39 is 6.10 Å². The average molecular weight is 240 g/mol. The van der Waals surface area contributed by atoms with Gasteiger partial charge >= 0.3 is 0 Å². The van der Waals surface area contributed by atoms with Crippen LogP contribution in [0.2, 0.25) is 0 Å². The van der Waals surface area contributed by atoms with Crippen LogP contribution in [-0.2, 0) is 6.42 Å². The number of aliphatic hydroxyl groups excluding tert-OH is 1. The maximum atomic E-state index is 10.4. The van der Waals surface area contributed by atoms with Gasteiger partial charge < -0.3 is 9.84 Å². The summed E-state index contributed by atoms with van der Waals surface area (Å²) in [7, 11) is 0. The van der Waals surface area contributed by atoms with Crippen molar-refractivity contribution in [1.82, 2.24) is 0 Å². The monoisotopic (exact) mass is 240 g/mol. The van der Waals surface area contributed by atoms with E-state index in [1.165, 1.54) is 5.56 Å². The summed E-state index contributed by atoms with van der Waals surface area (Å²) < 4.78 is 5.58. The largest absolute Gasteiger partial charge is 0.493 e. The fourth-order valence-corrected chi connectivity index (χ4v) is 2.38. The summed E-state index contributed by atoms with van der Waals surface area (Å²) in [6.07, 6.45) is 1.53. The highest BCUT2D eigenvalue weighted by atomic mass is 16.5. The van der Waals surface area contributed by atoms with Gasteiger partial charge in [0.05, 0.1) is 6.61 Å². The van der Waals surface area contributed by atoms with Crippen LogP contribution in [0.25, 0.3) is 0 Å². The van der Waals surface area contributed by atoms with Crippen molar-refractivity contribution >= 4 is 0 Å². The van der Waals surface area contributed by atoms with Gasteiger partial charge in [-0.3, -0.25) is 0 Å². The van der Waals surface area contributed by atoms with Gasteiger partial charge in [0.1, 0.15) is 11.9 Å². The lowest BCUT2D eigenvalue weighted by Crippen LogP contribution is -2.09. The molecule has 0 bridgehead atoms. The van der Waals surface area contributed by atoms with E-state index in [4.69, 9.17) is 4.74 Å². The molecule has 92 valence electrons. The van der Waals surface area contributed by atoms with E-state index in [0.717, 1.165) is 36.3 Å². The van der Waals surface area contributed by atoms with Gasteiger partial charge in [-0.15, -0.1) is 0 Å². The van der Waals surface area contributed by atoms with Crippen molar-refractivity contribution in [3.05, 3.63) is 65.2 Å². The molecule has 18 heavy (non-hydrogen) atoms. The van der Waals surface area contributed by atoms with Crippen LogP contribution in [-0.4, -0.2) is 11.7 Å². The molecule has 1 unspecified atom stereocenters. The topological polar surface area (TPSA) is 29.5 Å². The van der Waals surface area contributed by atoms with Gasteiger partial charge in [-0.2, -0.15) is 0 Å². The second-order valence-corrected chi connectivity index (χ2v) is 4.63. The van der Waals surface area contributed by atoms with Crippen LogP contribution in [0.1, 0.15) is 29.2 Å². The maximum absolute atomic E-state index is 10.4. The third-order valence-corrected chi connectivity index (χ3v) is 3.36. The molecule has 0 fully saturated rings. The Bertz CT molecular complexity index is 534. The zero-order valence-electron chi connectivity index (χ0n) is 10.2. The predicted molar refractivity (Wildman–Crippen MR) is 70.8 cm³/mol. The molecule has 0 saturated heterocycles. The minimum atomic E-state index is -0.557. The van der Waals surface area contributed by atoms with Crippen LogP contribution in [0.5, 0.6) is 5.75 Å². The van der Waals surface area contributed by atoms with E-state index in [9.17, 15) is 5.11 Å². The molecule has 1 atom stereocenters. The van der Waals surface area contributed by atoms with E-state index in [0.29, 0.717) is 0 Å². The first-order chi connectivity index (χ1) is 8.84. The number of benzene rings is 2. The number of hydrogen-bond acceptors (Lipinski definition) is 2. The Morgan fingerprint density at radius 1 is 1.00 bits per heavy atom. The summed E-state index contributed by atoms with van der Waals surface area (Å²) >= 11 is 0. The Kier molecular flexibility index (Phi) is 3.03. The second kappa shape index (κ2) is 4.83. The van der Waals surface area contributed by atoms with Gasteiger partial charge in [0.2, 0.25) is 0 Å². The maximum Gasteiger partial charge on any atom is 0.122 e. The minimum absolute atomic E-state index is 0.557. The van der Waals surface area contributed by atoms with Crippen LogP contribution in [0.3, 0.4) is 0 Å². The molecule has 2 aromatic carbocycles. The molecule has 0 aromatic heterocycles. The van der Waals surface area contributed by atoms with Crippen LogP contribution in [0.4, 0.5) is 0 Å². The quantitative estimate of drug-likeness (QED) is 0.874. The zero-order chi connectivity index (χ0) is 12.4. The van der Waals surface area contributed by atoms with Crippen molar-refractivity contribution in [1.29, 1.82) is 0 Å². The van der Waals surface area contributed by atoms with E-state index >= 15 is 0 Å². The van der Waals surface area contributed by atoms with Crippen LogP contribution >= 0.6 is 0 Å². The van der Waals surface area contributed by atoms with Gasteiger partial charge in [0.15, 0.2) is 0 Å². The smallest absolute Gasteiger partial charge is 0.122 e. The van der Waals surface area contributed by atoms with Crippen LogP contribution < -0.4 is 4.74 Å². The van der Waals surface area contributed by atoms with Gasteiger partial charge in [-0.25, -0.2) is 0 Å². The third-order valence-electron chi connectivity index (χ3n) is 3.36. The number of aliphatic hydroxyl groups is 1. The Morgan fingerprint density at radius 3 is 2.67 bits per heavy atom. The number of fused-ring (bicyclic) bond motifs is 1. The molecule has 2 nitrogen and oxygen atoms in total. The fourth-order valence-electron chi connectivity index (χ4n) is 2.38. The first-order valence-corrected chi connectivity index (χ1v) is 6.33. The van der Waals surface area contributed by atoms with Crippen LogP contribution in [0, 0.1) is 0 Å². The van der Waals surface area contributed by atoms with Crippen molar-refractivity contribution in [2.45, 2.75) is 18.9 Å². The summed E-state index contributed by atoms with van der Waals surface area (Å²) in [5.41, 5.74) is 3.06. The molecule has 0 radical (unpaired) electrons. The highest BCUT2D eigenvalue weighted by molar-refractivity contribution is 5.41. The molecule has 2 heteroatoms. The summed E-state index contributed by atoms with van der Waals surface area (Å²) in [6.45, 7) is 0.799. The van der Waals surface area contributed by atoms with Gasteiger partial charge in [-0.1, -0.05) is 36.4 Å². The average Bonchev–Trinajstić information content (AvgIpc) is 2.47. The summed E-state index contributed by atoms with van der Waals surface area (Å²) in [4.78, 5) is 0. The second-order valence-electron chi connectivity index (χ2n) is 4.63. The highest BCUT2D eigenvalue weighted by Gasteiger charge is 2.15. The van der Waals surface area contributed by atoms with E-state index in [1.807, 2.05) is 42.5 Å². The first kappa shape index (κ1) is 11.3. The Balaban J connectivity index is 1.93. The number of hydrogen-bond donors (Lipinski definition) is 1. The molecule has 0 aliphatic carbocycles. The Labute approximate surface area is 107 Å². The first-order valence-electron chi connectivity index (χ1n) is 6.33. The molecule has 1 aliphatic heterocycles. The highest BCUT2D eigenvalue weighted by Crippen LogP contribution is 2.30. The fraction of sp³-hybridized carbons (Fsp3) is 0.250. The molecule has 0 spiro atoms. The number of rotatable bonds is 2. The molecule has 1 N–H and O–H groups in total. The predicted octanol–water partition coefficient (Wildman–Crippen LogP) is 3.09. The van der Waals surface area contributed by atoms with E-state index in [-0.39, 0.29) is 0 Å². The van der Waals surface area contributed by atoms with Crippen LogP contribution in [0.15, 0.2) is 48.5 Å². The van der Waals surface area contributed by atoms with E-state index in [2.05, 4.69) is 6.07 Å². The molecule has 2 aromatic rings. The minimum Gasteiger partial charge on any atom is -0.493 e. The SMILES string of the molecule is OC(c1ccccc1)c1ccc2c(c1)CCCO2.